The van der Waals surface area contributed by atoms with E-state index in [1.807, 2.05) is 73.7 Å². The molecule has 0 aliphatic heterocycles. The van der Waals surface area contributed by atoms with Crippen LogP contribution in [0.15, 0.2) is 66.7 Å². The van der Waals surface area contributed by atoms with E-state index in [9.17, 15) is 0 Å². The molecule has 122 valence electrons. The molecule has 0 amide bonds. The summed E-state index contributed by atoms with van der Waals surface area (Å²) < 4.78 is 5.36. The molecule has 2 heterocycles. The summed E-state index contributed by atoms with van der Waals surface area (Å²) in [4.78, 5) is 14.1. The number of methoxy groups -OCH3 is 1. The van der Waals surface area contributed by atoms with Crippen molar-refractivity contribution >= 4 is 10.9 Å². The number of hydrogen-bond acceptors (Lipinski definition) is 4. The van der Waals surface area contributed by atoms with Crippen LogP contribution >= 0.6 is 0 Å². The zero-order valence-corrected chi connectivity index (χ0v) is 14.1. The topological polar surface area (TPSA) is 47.9 Å². The molecule has 0 atom stereocenters. The number of hydrogen-bond donors (Lipinski definition) is 0. The Hall–Kier alpha value is -3.27. The lowest BCUT2D eigenvalue weighted by molar-refractivity contribution is 0.415. The second kappa shape index (κ2) is 6.32. The Kier molecular flexibility index (Phi) is 3.86. The van der Waals surface area contributed by atoms with E-state index in [4.69, 9.17) is 14.7 Å². The van der Waals surface area contributed by atoms with Gasteiger partial charge in [0, 0.05) is 16.6 Å². The lowest BCUT2D eigenvalue weighted by Crippen LogP contribution is -1.97. The standard InChI is InChI=1S/C21H17N3O/c1-14-7-5-12-19(22-14)21-23-18-11-4-3-10-17(18)20(24-21)15-8-6-9-16(13-15)25-2/h3-13H,1-2H3. The average molecular weight is 327 g/mol. The first kappa shape index (κ1) is 15.3. The van der Waals surface area contributed by atoms with Crippen molar-refractivity contribution in [3.8, 4) is 28.5 Å². The predicted octanol–water partition coefficient (Wildman–Crippen LogP) is 4.68. The molecule has 0 saturated heterocycles. The van der Waals surface area contributed by atoms with Crippen LogP contribution < -0.4 is 4.74 Å². The highest BCUT2D eigenvalue weighted by Crippen LogP contribution is 2.30. The van der Waals surface area contributed by atoms with Crippen LogP contribution in [0, 0.1) is 6.92 Å². The van der Waals surface area contributed by atoms with E-state index in [1.54, 1.807) is 7.11 Å². The van der Waals surface area contributed by atoms with Gasteiger partial charge in [0.2, 0.25) is 0 Å². The zero-order chi connectivity index (χ0) is 17.2. The first-order valence-corrected chi connectivity index (χ1v) is 8.10. The first-order chi connectivity index (χ1) is 12.2. The number of aromatic nitrogens is 3. The van der Waals surface area contributed by atoms with Crippen molar-refractivity contribution in [1.29, 1.82) is 0 Å². The Balaban J connectivity index is 1.99. The lowest BCUT2D eigenvalue weighted by Gasteiger charge is -2.10. The molecule has 0 fully saturated rings. The summed E-state index contributed by atoms with van der Waals surface area (Å²) >= 11 is 0. The van der Waals surface area contributed by atoms with Crippen LogP contribution in [0.4, 0.5) is 0 Å². The van der Waals surface area contributed by atoms with E-state index in [0.717, 1.165) is 39.3 Å². The number of aryl methyl sites for hydroxylation is 1. The number of para-hydroxylation sites is 1. The van der Waals surface area contributed by atoms with Crippen LogP contribution in [0.2, 0.25) is 0 Å². The second-order valence-corrected chi connectivity index (χ2v) is 5.81. The minimum absolute atomic E-state index is 0.625. The molecule has 0 unspecified atom stereocenters. The number of pyridine rings is 1. The van der Waals surface area contributed by atoms with Crippen molar-refractivity contribution in [1.82, 2.24) is 15.0 Å². The summed E-state index contributed by atoms with van der Waals surface area (Å²) in [5, 5.41) is 1.01. The largest absolute Gasteiger partial charge is 0.497 e. The SMILES string of the molecule is COc1cccc(-c2nc(-c3cccc(C)n3)nc3ccccc23)c1. The molecule has 4 nitrogen and oxygen atoms in total. The Morgan fingerprint density at radius 2 is 1.64 bits per heavy atom. The molecule has 0 aliphatic rings. The normalized spacial score (nSPS) is 10.8. The minimum Gasteiger partial charge on any atom is -0.497 e. The molecule has 0 aliphatic carbocycles. The van der Waals surface area contributed by atoms with Crippen LogP contribution in [0.25, 0.3) is 33.7 Å². The van der Waals surface area contributed by atoms with Crippen molar-refractivity contribution in [2.75, 3.05) is 7.11 Å². The van der Waals surface area contributed by atoms with Gasteiger partial charge < -0.3 is 4.74 Å². The molecule has 0 saturated carbocycles. The summed E-state index contributed by atoms with van der Waals surface area (Å²) in [5.74, 6) is 1.43. The van der Waals surface area contributed by atoms with Gasteiger partial charge in [-0.3, -0.25) is 0 Å². The summed E-state index contributed by atoms with van der Waals surface area (Å²) in [7, 11) is 1.67. The van der Waals surface area contributed by atoms with Gasteiger partial charge in [-0.05, 0) is 37.3 Å². The highest BCUT2D eigenvalue weighted by Gasteiger charge is 2.12. The van der Waals surface area contributed by atoms with Gasteiger partial charge in [0.05, 0.1) is 18.3 Å². The maximum atomic E-state index is 5.36. The molecule has 4 heteroatoms. The summed E-state index contributed by atoms with van der Waals surface area (Å²) in [6.07, 6.45) is 0. The molecule has 25 heavy (non-hydrogen) atoms. The Morgan fingerprint density at radius 1 is 0.800 bits per heavy atom. The smallest absolute Gasteiger partial charge is 0.179 e. The molecule has 0 N–H and O–H groups in total. The fourth-order valence-electron chi connectivity index (χ4n) is 2.85. The number of fused-ring (bicyclic) bond motifs is 1. The molecule has 4 rings (SSSR count). The van der Waals surface area contributed by atoms with E-state index in [1.165, 1.54) is 0 Å². The molecule has 4 aromatic rings. The Morgan fingerprint density at radius 3 is 2.48 bits per heavy atom. The van der Waals surface area contributed by atoms with Gasteiger partial charge in [0.1, 0.15) is 11.4 Å². The van der Waals surface area contributed by atoms with Crippen LogP contribution in [0.3, 0.4) is 0 Å². The second-order valence-electron chi connectivity index (χ2n) is 5.81. The van der Waals surface area contributed by atoms with Gasteiger partial charge in [-0.15, -0.1) is 0 Å². The Labute approximate surface area is 146 Å². The summed E-state index contributed by atoms with van der Waals surface area (Å²) in [5.41, 5.74) is 4.48. The zero-order valence-electron chi connectivity index (χ0n) is 14.1. The lowest BCUT2D eigenvalue weighted by atomic mass is 10.1. The molecule has 0 bridgehead atoms. The van der Waals surface area contributed by atoms with Crippen molar-refractivity contribution < 1.29 is 4.74 Å². The van der Waals surface area contributed by atoms with E-state index < -0.39 is 0 Å². The fraction of sp³-hybridized carbons (Fsp3) is 0.0952. The van der Waals surface area contributed by atoms with E-state index in [0.29, 0.717) is 5.82 Å². The fourth-order valence-corrected chi connectivity index (χ4v) is 2.85. The number of ether oxygens (including phenoxy) is 1. The van der Waals surface area contributed by atoms with Crippen molar-refractivity contribution in [3.05, 3.63) is 72.4 Å². The van der Waals surface area contributed by atoms with Crippen LogP contribution in [0.5, 0.6) is 5.75 Å². The van der Waals surface area contributed by atoms with Crippen LogP contribution in [0.1, 0.15) is 5.69 Å². The maximum Gasteiger partial charge on any atom is 0.179 e. The van der Waals surface area contributed by atoms with E-state index in [2.05, 4.69) is 4.98 Å². The van der Waals surface area contributed by atoms with Gasteiger partial charge in [0.25, 0.3) is 0 Å². The monoisotopic (exact) mass is 327 g/mol. The minimum atomic E-state index is 0.625. The highest BCUT2D eigenvalue weighted by molar-refractivity contribution is 5.93. The molecule has 2 aromatic carbocycles. The summed E-state index contributed by atoms with van der Waals surface area (Å²) in [6.45, 7) is 1.97. The third-order valence-electron chi connectivity index (χ3n) is 4.06. The average Bonchev–Trinajstić information content (AvgIpc) is 2.67. The molecule has 2 aromatic heterocycles. The van der Waals surface area contributed by atoms with Gasteiger partial charge in [-0.25, -0.2) is 15.0 Å². The van der Waals surface area contributed by atoms with E-state index in [-0.39, 0.29) is 0 Å². The molecular weight excluding hydrogens is 310 g/mol. The number of nitrogens with zero attached hydrogens (tertiary/aromatic N) is 3. The van der Waals surface area contributed by atoms with Crippen molar-refractivity contribution in [2.45, 2.75) is 6.92 Å². The molecule has 0 radical (unpaired) electrons. The van der Waals surface area contributed by atoms with Crippen LogP contribution in [-0.4, -0.2) is 22.1 Å². The van der Waals surface area contributed by atoms with Crippen molar-refractivity contribution in [2.24, 2.45) is 0 Å². The predicted molar refractivity (Wildman–Crippen MR) is 99.5 cm³/mol. The quantitative estimate of drug-likeness (QED) is 0.548. The third-order valence-corrected chi connectivity index (χ3v) is 4.06. The van der Waals surface area contributed by atoms with Crippen LogP contribution in [-0.2, 0) is 0 Å². The maximum absolute atomic E-state index is 5.36. The molecule has 0 spiro atoms. The molecular formula is C21H17N3O. The highest BCUT2D eigenvalue weighted by atomic mass is 16.5. The van der Waals surface area contributed by atoms with Gasteiger partial charge >= 0.3 is 0 Å². The van der Waals surface area contributed by atoms with Gasteiger partial charge in [-0.1, -0.05) is 36.4 Å². The van der Waals surface area contributed by atoms with Gasteiger partial charge in [-0.2, -0.15) is 0 Å². The van der Waals surface area contributed by atoms with E-state index >= 15 is 0 Å². The number of benzene rings is 2. The Bertz CT molecular complexity index is 1060. The third kappa shape index (κ3) is 2.94. The number of rotatable bonds is 3. The first-order valence-electron chi connectivity index (χ1n) is 8.10. The summed E-state index contributed by atoms with van der Waals surface area (Å²) in [6, 6.07) is 21.8. The van der Waals surface area contributed by atoms with Crippen molar-refractivity contribution in [3.63, 3.8) is 0 Å². The van der Waals surface area contributed by atoms with Gasteiger partial charge in [0.15, 0.2) is 5.82 Å².